The van der Waals surface area contributed by atoms with E-state index in [1.165, 1.54) is 30.0 Å². The molecule has 1 N–H and O–H groups in total. The van der Waals surface area contributed by atoms with E-state index in [4.69, 9.17) is 9.47 Å². The Hall–Kier alpha value is -2.39. The highest BCUT2D eigenvalue weighted by Gasteiger charge is 2.30. The molecule has 0 saturated heterocycles. The molecule has 0 aromatic carbocycles. The Kier molecular flexibility index (Phi) is 7.72. The molecule has 2 heterocycles. The number of fused-ring (bicyclic) bond motifs is 1. The zero-order valence-corrected chi connectivity index (χ0v) is 19.7. The molecule has 0 saturated carbocycles. The van der Waals surface area contributed by atoms with Crippen molar-refractivity contribution >= 4 is 45.9 Å². The monoisotopic (exact) mass is 462 g/mol. The van der Waals surface area contributed by atoms with Crippen molar-refractivity contribution in [1.29, 1.82) is 0 Å². The Bertz CT molecular complexity index is 988. The number of hydrogen-bond donors (Lipinski definition) is 1. The molecule has 2 unspecified atom stereocenters. The van der Waals surface area contributed by atoms with Crippen LogP contribution in [0, 0.1) is 5.92 Å². The van der Waals surface area contributed by atoms with Crippen LogP contribution in [0.3, 0.4) is 0 Å². The molecule has 0 spiro atoms. The van der Waals surface area contributed by atoms with Crippen molar-refractivity contribution in [3.05, 3.63) is 39.9 Å². The molecule has 0 fully saturated rings. The van der Waals surface area contributed by atoms with Crippen molar-refractivity contribution in [2.45, 2.75) is 51.2 Å². The fourth-order valence-corrected chi connectivity index (χ4v) is 5.40. The molecule has 2 atom stereocenters. The Balaban J connectivity index is 1.77. The summed E-state index contributed by atoms with van der Waals surface area (Å²) in [4.78, 5) is 43.2. The minimum absolute atomic E-state index is 0.254. The number of pyridine rings is 1. The molecule has 2 aromatic rings. The molecule has 31 heavy (non-hydrogen) atoms. The fourth-order valence-electron chi connectivity index (χ4n) is 3.46. The Morgan fingerprint density at radius 3 is 2.84 bits per heavy atom. The van der Waals surface area contributed by atoms with Gasteiger partial charge >= 0.3 is 11.9 Å². The van der Waals surface area contributed by atoms with Crippen molar-refractivity contribution in [2.24, 2.45) is 5.92 Å². The van der Waals surface area contributed by atoms with Crippen molar-refractivity contribution in [1.82, 2.24) is 4.98 Å². The minimum atomic E-state index is -1.05. The Morgan fingerprint density at radius 2 is 2.13 bits per heavy atom. The molecule has 3 rings (SSSR count). The first-order valence-corrected chi connectivity index (χ1v) is 12.2. The summed E-state index contributed by atoms with van der Waals surface area (Å²) in [6, 6.07) is 3.25. The highest BCUT2D eigenvalue weighted by molar-refractivity contribution is 7.98. The highest BCUT2D eigenvalue weighted by atomic mass is 32.2. The van der Waals surface area contributed by atoms with E-state index in [1.807, 2.05) is 6.26 Å². The molecule has 0 radical (unpaired) electrons. The number of rotatable bonds is 7. The number of aromatic nitrogens is 1. The maximum atomic E-state index is 12.8. The molecule has 0 aliphatic heterocycles. The molecule has 1 amide bonds. The summed E-state index contributed by atoms with van der Waals surface area (Å²) in [5.41, 5.74) is 1.70. The smallest absolute Gasteiger partial charge is 0.341 e. The van der Waals surface area contributed by atoms with Crippen molar-refractivity contribution in [2.75, 3.05) is 18.2 Å². The van der Waals surface area contributed by atoms with Gasteiger partial charge in [-0.15, -0.1) is 23.1 Å². The molecule has 0 bridgehead atoms. The van der Waals surface area contributed by atoms with Crippen LogP contribution in [0.2, 0.25) is 0 Å². The average molecular weight is 463 g/mol. The van der Waals surface area contributed by atoms with E-state index in [2.05, 4.69) is 17.2 Å². The van der Waals surface area contributed by atoms with Crippen LogP contribution in [0.15, 0.2) is 23.4 Å². The van der Waals surface area contributed by atoms with Crippen LogP contribution in [0.5, 0.6) is 0 Å². The maximum absolute atomic E-state index is 12.8. The van der Waals surface area contributed by atoms with Crippen LogP contribution in [-0.4, -0.2) is 41.8 Å². The van der Waals surface area contributed by atoms with Crippen LogP contribution in [0.1, 0.15) is 58.3 Å². The van der Waals surface area contributed by atoms with Crippen LogP contribution >= 0.6 is 23.1 Å². The molecule has 166 valence electrons. The van der Waals surface area contributed by atoms with E-state index in [-0.39, 0.29) is 6.61 Å². The number of amides is 1. The van der Waals surface area contributed by atoms with Gasteiger partial charge in [0.05, 0.1) is 17.7 Å². The van der Waals surface area contributed by atoms with Crippen molar-refractivity contribution in [3.8, 4) is 0 Å². The number of hydrogen-bond acceptors (Lipinski definition) is 8. The van der Waals surface area contributed by atoms with E-state index in [9.17, 15) is 14.4 Å². The largest absolute Gasteiger partial charge is 0.462 e. The summed E-state index contributed by atoms with van der Waals surface area (Å²) < 4.78 is 10.6. The van der Waals surface area contributed by atoms with Crippen LogP contribution in [0.25, 0.3) is 0 Å². The molecule has 7 nitrogen and oxygen atoms in total. The molecule has 1 aliphatic carbocycles. The van der Waals surface area contributed by atoms with Crippen molar-refractivity contribution in [3.63, 3.8) is 0 Å². The first-order chi connectivity index (χ1) is 14.8. The Morgan fingerprint density at radius 1 is 1.35 bits per heavy atom. The number of carbonyl (C=O) groups is 3. The van der Waals surface area contributed by atoms with Gasteiger partial charge in [0.15, 0.2) is 6.10 Å². The van der Waals surface area contributed by atoms with Gasteiger partial charge in [0.25, 0.3) is 5.91 Å². The Labute approximate surface area is 189 Å². The second kappa shape index (κ2) is 10.3. The zero-order valence-electron chi connectivity index (χ0n) is 18.0. The highest BCUT2D eigenvalue weighted by Crippen LogP contribution is 2.40. The minimum Gasteiger partial charge on any atom is -0.462 e. The van der Waals surface area contributed by atoms with E-state index in [0.717, 1.165) is 29.7 Å². The van der Waals surface area contributed by atoms with Gasteiger partial charge in [-0.25, -0.2) is 14.6 Å². The first-order valence-electron chi connectivity index (χ1n) is 10.2. The van der Waals surface area contributed by atoms with E-state index < -0.39 is 23.9 Å². The summed E-state index contributed by atoms with van der Waals surface area (Å²) in [5.74, 6) is -1.03. The number of nitrogens with zero attached hydrogens (tertiary/aromatic N) is 1. The van der Waals surface area contributed by atoms with Gasteiger partial charge in [-0.05, 0) is 63.0 Å². The topological polar surface area (TPSA) is 94.6 Å². The van der Waals surface area contributed by atoms with E-state index in [1.54, 1.807) is 25.3 Å². The number of esters is 2. The third-order valence-electron chi connectivity index (χ3n) is 5.07. The van der Waals surface area contributed by atoms with Gasteiger partial charge in [-0.3, -0.25) is 4.79 Å². The molecule has 1 aliphatic rings. The molecular weight excluding hydrogens is 436 g/mol. The lowest BCUT2D eigenvalue weighted by molar-refractivity contribution is -0.123. The molecular formula is C22H26N2O5S2. The van der Waals surface area contributed by atoms with E-state index in [0.29, 0.717) is 27.1 Å². The summed E-state index contributed by atoms with van der Waals surface area (Å²) in [5, 5.41) is 3.78. The summed E-state index contributed by atoms with van der Waals surface area (Å²) >= 11 is 2.73. The summed E-state index contributed by atoms with van der Waals surface area (Å²) in [6.07, 6.45) is 4.99. The number of ether oxygens (including phenoxy) is 2. The lowest BCUT2D eigenvalue weighted by atomic mass is 9.88. The average Bonchev–Trinajstić information content (AvgIpc) is 3.10. The standard InChI is InChI=1S/C22H26N2O5S2/c1-5-28-22(27)17-14-9-8-12(2)11-16(14)31-20(17)24-18(25)13(3)29-21(26)15-7-6-10-23-19(15)30-4/h6-7,10,12-13H,5,8-9,11H2,1-4H3,(H,24,25). The third-order valence-corrected chi connectivity index (χ3v) is 6.95. The normalized spacial score (nSPS) is 16.2. The number of thiophene rings is 1. The zero-order chi connectivity index (χ0) is 22.5. The number of nitrogens with one attached hydrogen (secondary N) is 1. The molecule has 9 heteroatoms. The number of anilines is 1. The predicted molar refractivity (Wildman–Crippen MR) is 121 cm³/mol. The van der Waals surface area contributed by atoms with Gasteiger partial charge in [0.1, 0.15) is 10.0 Å². The van der Waals surface area contributed by atoms with Gasteiger partial charge in [-0.2, -0.15) is 0 Å². The van der Waals surface area contributed by atoms with E-state index >= 15 is 0 Å². The lowest BCUT2D eigenvalue weighted by Crippen LogP contribution is -2.30. The third kappa shape index (κ3) is 5.27. The van der Waals surface area contributed by atoms with Gasteiger partial charge in [0, 0.05) is 11.1 Å². The number of thioether (sulfide) groups is 1. The quantitative estimate of drug-likeness (QED) is 0.483. The van der Waals surface area contributed by atoms with Crippen LogP contribution in [-0.2, 0) is 27.1 Å². The van der Waals surface area contributed by atoms with Crippen LogP contribution in [0.4, 0.5) is 5.00 Å². The second-order valence-electron chi connectivity index (χ2n) is 7.37. The number of carbonyl (C=O) groups excluding carboxylic acids is 3. The summed E-state index contributed by atoms with van der Waals surface area (Å²) in [7, 11) is 0. The predicted octanol–water partition coefficient (Wildman–Crippen LogP) is 4.35. The van der Waals surface area contributed by atoms with Crippen molar-refractivity contribution < 1.29 is 23.9 Å². The maximum Gasteiger partial charge on any atom is 0.341 e. The lowest BCUT2D eigenvalue weighted by Gasteiger charge is -2.18. The molecule has 2 aromatic heterocycles. The van der Waals surface area contributed by atoms with Gasteiger partial charge in [-0.1, -0.05) is 6.92 Å². The SMILES string of the molecule is CCOC(=O)c1c(NC(=O)C(C)OC(=O)c2cccnc2SC)sc2c1CCC(C)C2. The fraction of sp³-hybridized carbons (Fsp3) is 0.455. The van der Waals surface area contributed by atoms with Crippen LogP contribution < -0.4 is 5.32 Å². The van der Waals surface area contributed by atoms with Gasteiger partial charge in [0.2, 0.25) is 0 Å². The van der Waals surface area contributed by atoms with Gasteiger partial charge < -0.3 is 14.8 Å². The second-order valence-corrected chi connectivity index (χ2v) is 9.27. The first kappa shape index (κ1) is 23.3. The summed E-state index contributed by atoms with van der Waals surface area (Å²) in [6.45, 7) is 5.68.